The molecule has 2 aromatic heterocycles. The van der Waals surface area contributed by atoms with Crippen LogP contribution >= 0.6 is 22.9 Å². The Bertz CT molecular complexity index is 999. The van der Waals surface area contributed by atoms with Gasteiger partial charge in [-0.1, -0.05) is 23.7 Å². The molecular formula is C19H15ClN4O2S. The van der Waals surface area contributed by atoms with Crippen molar-refractivity contribution in [2.75, 3.05) is 10.6 Å². The number of aromatic nitrogens is 2. The minimum absolute atomic E-state index is 0.324. The fourth-order valence-corrected chi connectivity index (χ4v) is 3.01. The Hall–Kier alpha value is -3.03. The molecule has 136 valence electrons. The van der Waals surface area contributed by atoms with Gasteiger partial charge in [0.05, 0.1) is 21.3 Å². The van der Waals surface area contributed by atoms with Crippen LogP contribution < -0.4 is 10.6 Å². The summed E-state index contributed by atoms with van der Waals surface area (Å²) >= 11 is 7.28. The number of rotatable bonds is 5. The number of amides is 2. The number of nitrogens with zero attached hydrogens (tertiary/aromatic N) is 2. The number of aryl methyl sites for hydroxylation is 1. The van der Waals surface area contributed by atoms with Gasteiger partial charge in [-0.3, -0.25) is 9.59 Å². The number of hydrogen-bond acceptors (Lipinski definition) is 5. The van der Waals surface area contributed by atoms with Gasteiger partial charge in [0.15, 0.2) is 0 Å². The van der Waals surface area contributed by atoms with Crippen molar-refractivity contribution in [3.8, 4) is 0 Å². The number of pyridine rings is 1. The lowest BCUT2D eigenvalue weighted by Gasteiger charge is -2.10. The summed E-state index contributed by atoms with van der Waals surface area (Å²) in [6.45, 7) is 1.90. The van der Waals surface area contributed by atoms with Crippen LogP contribution in [0.3, 0.4) is 0 Å². The minimum atomic E-state index is -0.386. The highest BCUT2D eigenvalue weighted by Gasteiger charge is 2.13. The van der Waals surface area contributed by atoms with Gasteiger partial charge in [-0.15, -0.1) is 11.3 Å². The predicted octanol–water partition coefficient (Wildman–Crippen LogP) is 4.40. The second-order valence-corrected chi connectivity index (χ2v) is 7.17. The van der Waals surface area contributed by atoms with Gasteiger partial charge in [-0.2, -0.15) is 0 Å². The topological polar surface area (TPSA) is 84.0 Å². The van der Waals surface area contributed by atoms with Gasteiger partial charge in [0, 0.05) is 23.3 Å². The maximum Gasteiger partial charge on any atom is 0.258 e. The van der Waals surface area contributed by atoms with E-state index in [9.17, 15) is 9.59 Å². The lowest BCUT2D eigenvalue weighted by atomic mass is 10.1. The molecule has 27 heavy (non-hydrogen) atoms. The lowest BCUT2D eigenvalue weighted by Crippen LogP contribution is -2.17. The van der Waals surface area contributed by atoms with Crippen LogP contribution in [0.1, 0.15) is 20.2 Å². The first kappa shape index (κ1) is 18.8. The molecule has 8 heteroatoms. The number of nitrogens with one attached hydrogen (secondary N) is 2. The molecule has 0 radical (unpaired) electrons. The molecule has 0 spiro atoms. The van der Waals surface area contributed by atoms with Gasteiger partial charge < -0.3 is 10.6 Å². The molecule has 0 saturated heterocycles. The SMILES string of the molecule is Cc1ncc(C=CC(=O)Nc2ccccc2C(=O)Nc2ccc(Cl)cn2)s1. The Labute approximate surface area is 164 Å². The highest BCUT2D eigenvalue weighted by atomic mass is 35.5. The molecule has 0 aliphatic carbocycles. The van der Waals surface area contributed by atoms with Crippen molar-refractivity contribution in [2.45, 2.75) is 6.92 Å². The Morgan fingerprint density at radius 3 is 2.59 bits per heavy atom. The molecule has 0 aliphatic rings. The van der Waals surface area contributed by atoms with E-state index in [-0.39, 0.29) is 11.8 Å². The number of anilines is 2. The van der Waals surface area contributed by atoms with E-state index in [4.69, 9.17) is 11.6 Å². The molecule has 3 rings (SSSR count). The Morgan fingerprint density at radius 2 is 1.89 bits per heavy atom. The molecule has 1 aromatic carbocycles. The van der Waals surface area contributed by atoms with E-state index >= 15 is 0 Å². The summed E-state index contributed by atoms with van der Waals surface area (Å²) in [5, 5.41) is 6.79. The van der Waals surface area contributed by atoms with Crippen LogP contribution in [-0.2, 0) is 4.79 Å². The highest BCUT2D eigenvalue weighted by Crippen LogP contribution is 2.18. The van der Waals surface area contributed by atoms with E-state index in [1.165, 1.54) is 23.6 Å². The Morgan fingerprint density at radius 1 is 1.07 bits per heavy atom. The van der Waals surface area contributed by atoms with Crippen LogP contribution in [0.5, 0.6) is 0 Å². The smallest absolute Gasteiger partial charge is 0.258 e. The van der Waals surface area contributed by atoms with E-state index in [0.717, 1.165) is 9.88 Å². The van der Waals surface area contributed by atoms with Crippen molar-refractivity contribution in [3.05, 3.63) is 75.3 Å². The van der Waals surface area contributed by atoms with Gasteiger partial charge in [0.25, 0.3) is 5.91 Å². The zero-order chi connectivity index (χ0) is 19.2. The quantitative estimate of drug-likeness (QED) is 0.624. The van der Waals surface area contributed by atoms with E-state index in [1.807, 2.05) is 6.92 Å². The van der Waals surface area contributed by atoms with Crippen LogP contribution in [-0.4, -0.2) is 21.8 Å². The first-order chi connectivity index (χ1) is 13.0. The fraction of sp³-hybridized carbons (Fsp3) is 0.0526. The molecule has 0 saturated carbocycles. The van der Waals surface area contributed by atoms with E-state index in [2.05, 4.69) is 20.6 Å². The first-order valence-electron chi connectivity index (χ1n) is 7.95. The summed E-state index contributed by atoms with van der Waals surface area (Å²) in [6.07, 6.45) is 6.23. The molecule has 3 aromatic rings. The molecule has 0 aliphatic heterocycles. The summed E-state index contributed by atoms with van der Waals surface area (Å²) in [7, 11) is 0. The van der Waals surface area contributed by atoms with E-state index in [1.54, 1.807) is 48.7 Å². The van der Waals surface area contributed by atoms with Crippen LogP contribution in [0.15, 0.2) is 54.9 Å². The maximum atomic E-state index is 12.5. The normalized spacial score (nSPS) is 10.7. The fourth-order valence-electron chi connectivity index (χ4n) is 2.21. The third kappa shape index (κ3) is 5.22. The molecule has 6 nitrogen and oxygen atoms in total. The number of carbonyl (C=O) groups is 2. The number of thiazole rings is 1. The average Bonchev–Trinajstić information content (AvgIpc) is 3.08. The monoisotopic (exact) mass is 398 g/mol. The van der Waals surface area contributed by atoms with Crippen LogP contribution in [0.2, 0.25) is 5.02 Å². The summed E-state index contributed by atoms with van der Waals surface area (Å²) in [6, 6.07) is 9.97. The van der Waals surface area contributed by atoms with Crippen molar-refractivity contribution in [1.29, 1.82) is 0 Å². The number of hydrogen-bond donors (Lipinski definition) is 2. The predicted molar refractivity (Wildman–Crippen MR) is 108 cm³/mol. The minimum Gasteiger partial charge on any atom is -0.322 e. The molecule has 0 atom stereocenters. The molecule has 0 fully saturated rings. The van der Waals surface area contributed by atoms with Gasteiger partial charge in [-0.05, 0) is 37.3 Å². The third-order valence-electron chi connectivity index (χ3n) is 3.44. The van der Waals surface area contributed by atoms with Gasteiger partial charge in [-0.25, -0.2) is 9.97 Å². The molecule has 2 heterocycles. The third-order valence-corrected chi connectivity index (χ3v) is 4.54. The second-order valence-electron chi connectivity index (χ2n) is 5.47. The highest BCUT2D eigenvalue weighted by molar-refractivity contribution is 7.12. The van der Waals surface area contributed by atoms with Crippen molar-refractivity contribution in [1.82, 2.24) is 9.97 Å². The Balaban J connectivity index is 1.71. The van der Waals surface area contributed by atoms with E-state index in [0.29, 0.717) is 22.1 Å². The van der Waals surface area contributed by atoms with Crippen molar-refractivity contribution < 1.29 is 9.59 Å². The van der Waals surface area contributed by atoms with Crippen molar-refractivity contribution >= 4 is 52.3 Å². The number of carbonyl (C=O) groups excluding carboxylic acids is 2. The molecular weight excluding hydrogens is 384 g/mol. The lowest BCUT2D eigenvalue weighted by molar-refractivity contribution is -0.111. The first-order valence-corrected chi connectivity index (χ1v) is 9.14. The zero-order valence-corrected chi connectivity index (χ0v) is 15.8. The molecule has 2 amide bonds. The maximum absolute atomic E-state index is 12.5. The largest absolute Gasteiger partial charge is 0.322 e. The molecule has 0 unspecified atom stereocenters. The van der Waals surface area contributed by atoms with Gasteiger partial charge in [0.2, 0.25) is 5.91 Å². The molecule has 0 bridgehead atoms. The standard InChI is InChI=1S/C19H15ClN4O2S/c1-12-21-11-14(27-12)7-9-18(25)23-16-5-3-2-4-15(16)19(26)24-17-8-6-13(20)10-22-17/h2-11H,1H3,(H,23,25)(H,22,24,26). The van der Waals surface area contributed by atoms with Gasteiger partial charge in [0.1, 0.15) is 5.82 Å². The van der Waals surface area contributed by atoms with Crippen LogP contribution in [0.25, 0.3) is 6.08 Å². The average molecular weight is 399 g/mol. The summed E-state index contributed by atoms with van der Waals surface area (Å²) in [4.78, 5) is 33.8. The summed E-state index contributed by atoms with van der Waals surface area (Å²) in [5.41, 5.74) is 0.726. The van der Waals surface area contributed by atoms with Crippen molar-refractivity contribution in [3.63, 3.8) is 0 Å². The van der Waals surface area contributed by atoms with E-state index < -0.39 is 0 Å². The zero-order valence-electron chi connectivity index (χ0n) is 14.3. The number of para-hydroxylation sites is 1. The Kier molecular flexibility index (Phi) is 5.95. The van der Waals surface area contributed by atoms with Gasteiger partial charge >= 0.3 is 0 Å². The summed E-state index contributed by atoms with van der Waals surface area (Å²) < 4.78 is 0. The van der Waals surface area contributed by atoms with Crippen LogP contribution in [0, 0.1) is 6.92 Å². The number of benzene rings is 1. The molecule has 2 N–H and O–H groups in total. The second kappa shape index (κ2) is 8.57. The van der Waals surface area contributed by atoms with Crippen molar-refractivity contribution in [2.24, 2.45) is 0 Å². The van der Waals surface area contributed by atoms with Crippen LogP contribution in [0.4, 0.5) is 11.5 Å². The summed E-state index contributed by atoms with van der Waals surface area (Å²) in [5.74, 6) is -0.361. The number of halogens is 1.